The molecule has 2 aromatic rings. The van der Waals surface area contributed by atoms with Gasteiger partial charge in [-0.05, 0) is 50.5 Å². The number of hydrazine groups is 1. The van der Waals surface area contributed by atoms with Crippen LogP contribution in [0, 0.1) is 5.92 Å². The summed E-state index contributed by atoms with van der Waals surface area (Å²) in [6, 6.07) is 8.60. The monoisotopic (exact) mass is 494 g/mol. The number of hydrogen-bond acceptors (Lipinski definition) is 8. The van der Waals surface area contributed by atoms with Gasteiger partial charge in [0, 0.05) is 56.7 Å². The minimum Gasteiger partial charge on any atom is -0.497 e. The van der Waals surface area contributed by atoms with E-state index in [1.165, 1.54) is 31.4 Å². The van der Waals surface area contributed by atoms with Gasteiger partial charge in [0.25, 0.3) is 0 Å². The number of anilines is 2. The fourth-order valence-electron chi connectivity index (χ4n) is 6.53. The summed E-state index contributed by atoms with van der Waals surface area (Å²) in [5.74, 6) is 3.62. The van der Waals surface area contributed by atoms with Crippen LogP contribution in [0.25, 0.3) is 0 Å². The second-order valence-electron chi connectivity index (χ2n) is 10.6. The van der Waals surface area contributed by atoms with E-state index in [0.29, 0.717) is 18.4 Å². The number of nitrogens with zero attached hydrogens (tertiary/aromatic N) is 6. The lowest BCUT2D eigenvalue weighted by molar-refractivity contribution is -0.131. The normalized spacial score (nSPS) is 27.4. The standard InChI is InChI=1S/C26H38N8O2/c1-18-27-25-21-6-3-4-7-22(21)33-23(28-29-26(33)34(25)30-18)8-5-9-24(35)32-16-14-31(15-17-32)19-10-12-20(36-2)13-11-19/h10-13,18,21-22,25,27,30H,3-9,14-17H2,1-2H3. The molecule has 6 rings (SSSR count). The fourth-order valence-corrected chi connectivity index (χ4v) is 6.53. The molecule has 10 heteroatoms. The van der Waals surface area contributed by atoms with E-state index in [-0.39, 0.29) is 18.2 Å². The van der Waals surface area contributed by atoms with Crippen LogP contribution in [-0.4, -0.2) is 71.2 Å². The number of aromatic nitrogens is 3. The van der Waals surface area contributed by atoms with E-state index < -0.39 is 0 Å². The lowest BCUT2D eigenvalue weighted by atomic mass is 9.81. The topological polar surface area (TPSA) is 90.8 Å². The quantitative estimate of drug-likeness (QED) is 0.632. The molecule has 1 saturated carbocycles. The van der Waals surface area contributed by atoms with Gasteiger partial charge in [-0.25, -0.2) is 5.43 Å². The molecule has 4 unspecified atom stereocenters. The van der Waals surface area contributed by atoms with E-state index >= 15 is 0 Å². The number of fused-ring (bicyclic) bond motifs is 6. The zero-order valence-electron chi connectivity index (χ0n) is 21.4. The molecule has 4 aliphatic rings. The van der Waals surface area contributed by atoms with Crippen LogP contribution in [0.1, 0.15) is 57.3 Å². The highest BCUT2D eigenvalue weighted by Gasteiger charge is 2.47. The molecule has 1 aromatic heterocycles. The summed E-state index contributed by atoms with van der Waals surface area (Å²) in [5.41, 5.74) is 4.70. The first kappa shape index (κ1) is 23.5. The summed E-state index contributed by atoms with van der Waals surface area (Å²) < 4.78 is 7.64. The molecule has 0 bridgehead atoms. The van der Waals surface area contributed by atoms with Crippen LogP contribution < -0.4 is 25.4 Å². The maximum absolute atomic E-state index is 13.0. The highest BCUT2D eigenvalue weighted by atomic mass is 16.5. The first-order valence-corrected chi connectivity index (χ1v) is 13.5. The Morgan fingerprint density at radius 1 is 1.08 bits per heavy atom. The Morgan fingerprint density at radius 3 is 2.64 bits per heavy atom. The molecule has 1 aliphatic carbocycles. The van der Waals surface area contributed by atoms with E-state index in [4.69, 9.17) is 4.74 Å². The second kappa shape index (κ2) is 9.89. The fraction of sp³-hybridized carbons (Fsp3) is 0.654. The number of rotatable bonds is 6. The number of nitrogens with one attached hydrogen (secondary N) is 2. The molecule has 3 aliphatic heterocycles. The summed E-state index contributed by atoms with van der Waals surface area (Å²) in [7, 11) is 1.68. The van der Waals surface area contributed by atoms with E-state index in [9.17, 15) is 4.79 Å². The molecular formula is C26H38N8O2. The highest BCUT2D eigenvalue weighted by Crippen LogP contribution is 2.44. The molecule has 194 valence electrons. The minimum absolute atomic E-state index is 0.229. The van der Waals surface area contributed by atoms with Crippen LogP contribution in [0.5, 0.6) is 5.75 Å². The smallest absolute Gasteiger partial charge is 0.243 e. The summed E-state index contributed by atoms with van der Waals surface area (Å²) >= 11 is 0. The van der Waals surface area contributed by atoms with Gasteiger partial charge in [-0.2, -0.15) is 0 Å². The largest absolute Gasteiger partial charge is 0.497 e. The van der Waals surface area contributed by atoms with Crippen molar-refractivity contribution < 1.29 is 9.53 Å². The number of hydrogen-bond donors (Lipinski definition) is 2. The van der Waals surface area contributed by atoms with Gasteiger partial charge >= 0.3 is 0 Å². The maximum Gasteiger partial charge on any atom is 0.243 e. The minimum atomic E-state index is 0.229. The van der Waals surface area contributed by atoms with Crippen LogP contribution in [0.4, 0.5) is 11.6 Å². The summed E-state index contributed by atoms with van der Waals surface area (Å²) in [4.78, 5) is 17.3. The average Bonchev–Trinajstić information content (AvgIpc) is 3.52. The molecule has 0 spiro atoms. The Morgan fingerprint density at radius 2 is 1.86 bits per heavy atom. The lowest BCUT2D eigenvalue weighted by Gasteiger charge is -2.44. The van der Waals surface area contributed by atoms with Crippen molar-refractivity contribution in [2.75, 3.05) is 43.2 Å². The van der Waals surface area contributed by atoms with Crippen molar-refractivity contribution >= 4 is 17.5 Å². The second-order valence-corrected chi connectivity index (χ2v) is 10.6. The van der Waals surface area contributed by atoms with Gasteiger partial charge in [0.15, 0.2) is 0 Å². The van der Waals surface area contributed by atoms with Crippen molar-refractivity contribution in [1.29, 1.82) is 0 Å². The van der Waals surface area contributed by atoms with E-state index in [2.05, 4.69) is 54.5 Å². The molecule has 2 N–H and O–H groups in total. The molecule has 4 heterocycles. The number of amides is 1. The van der Waals surface area contributed by atoms with Gasteiger partial charge in [0.2, 0.25) is 11.9 Å². The van der Waals surface area contributed by atoms with Gasteiger partial charge in [-0.15, -0.1) is 10.2 Å². The average molecular weight is 495 g/mol. The van der Waals surface area contributed by atoms with E-state index in [1.807, 2.05) is 17.0 Å². The first-order valence-electron chi connectivity index (χ1n) is 13.5. The van der Waals surface area contributed by atoms with Crippen LogP contribution in [-0.2, 0) is 11.2 Å². The van der Waals surface area contributed by atoms with Crippen LogP contribution in [0.3, 0.4) is 0 Å². The predicted molar refractivity (Wildman–Crippen MR) is 138 cm³/mol. The lowest BCUT2D eigenvalue weighted by Crippen LogP contribution is -2.53. The van der Waals surface area contributed by atoms with Crippen molar-refractivity contribution in [3.8, 4) is 5.75 Å². The number of benzene rings is 1. The number of piperazine rings is 1. The number of carbonyl (C=O) groups is 1. The third-order valence-electron chi connectivity index (χ3n) is 8.38. The summed E-state index contributed by atoms with van der Waals surface area (Å²) in [5, 5.41) is 15.1. The van der Waals surface area contributed by atoms with Crippen LogP contribution in [0.15, 0.2) is 24.3 Å². The molecule has 36 heavy (non-hydrogen) atoms. The van der Waals surface area contributed by atoms with Gasteiger partial charge < -0.3 is 14.5 Å². The van der Waals surface area contributed by atoms with Crippen LogP contribution in [0.2, 0.25) is 0 Å². The maximum atomic E-state index is 13.0. The molecule has 3 fully saturated rings. The van der Waals surface area contributed by atoms with Gasteiger partial charge in [0.05, 0.1) is 13.3 Å². The van der Waals surface area contributed by atoms with Crippen molar-refractivity contribution in [1.82, 2.24) is 30.4 Å². The van der Waals surface area contributed by atoms with Crippen molar-refractivity contribution in [3.05, 3.63) is 30.1 Å². The molecule has 10 nitrogen and oxygen atoms in total. The number of methoxy groups -OCH3 is 1. The predicted octanol–water partition coefficient (Wildman–Crippen LogP) is 2.29. The van der Waals surface area contributed by atoms with Crippen molar-refractivity contribution in [2.45, 2.75) is 70.2 Å². The molecule has 2 saturated heterocycles. The Kier molecular flexibility index (Phi) is 6.47. The Hall–Kier alpha value is -2.85. The molecule has 4 atom stereocenters. The summed E-state index contributed by atoms with van der Waals surface area (Å²) in [6.07, 6.45) is 7.62. The van der Waals surface area contributed by atoms with Gasteiger partial charge in [-0.3, -0.25) is 19.7 Å². The van der Waals surface area contributed by atoms with Gasteiger partial charge in [0.1, 0.15) is 17.7 Å². The zero-order valence-corrected chi connectivity index (χ0v) is 21.4. The van der Waals surface area contributed by atoms with Crippen LogP contribution >= 0.6 is 0 Å². The molecular weight excluding hydrogens is 456 g/mol. The number of aryl methyl sites for hydroxylation is 1. The number of carbonyl (C=O) groups excluding carboxylic acids is 1. The molecule has 0 radical (unpaired) electrons. The van der Waals surface area contributed by atoms with E-state index in [0.717, 1.165) is 56.5 Å². The molecule has 1 aromatic carbocycles. The Labute approximate surface area is 212 Å². The van der Waals surface area contributed by atoms with Crippen molar-refractivity contribution in [2.24, 2.45) is 5.92 Å². The highest BCUT2D eigenvalue weighted by molar-refractivity contribution is 5.76. The third-order valence-corrected chi connectivity index (χ3v) is 8.38. The summed E-state index contributed by atoms with van der Waals surface area (Å²) in [6.45, 7) is 5.40. The van der Waals surface area contributed by atoms with E-state index in [1.54, 1.807) is 7.11 Å². The SMILES string of the molecule is COc1ccc(N2CCN(C(=O)CCCc3nnc4n3C3CCCCC3C3NC(C)NN43)CC2)cc1. The van der Waals surface area contributed by atoms with Crippen molar-refractivity contribution in [3.63, 3.8) is 0 Å². The zero-order chi connectivity index (χ0) is 24.6. The molecule has 1 amide bonds. The third kappa shape index (κ3) is 4.30. The number of ether oxygens (including phenoxy) is 1. The van der Waals surface area contributed by atoms with Gasteiger partial charge in [-0.1, -0.05) is 12.8 Å². The first-order chi connectivity index (χ1) is 17.6. The Bertz CT molecular complexity index is 1060. The Balaban J connectivity index is 1.04.